The molecule has 1 saturated heterocycles. The molecule has 23 heavy (non-hydrogen) atoms. The molecule has 2 fully saturated rings. The second kappa shape index (κ2) is 6.70. The Morgan fingerprint density at radius 2 is 2.04 bits per heavy atom. The van der Waals surface area contributed by atoms with Crippen LogP contribution >= 0.6 is 0 Å². The van der Waals surface area contributed by atoms with Crippen molar-refractivity contribution >= 4 is 11.9 Å². The summed E-state index contributed by atoms with van der Waals surface area (Å²) < 4.78 is 7.21. The van der Waals surface area contributed by atoms with Gasteiger partial charge in [0.25, 0.3) is 5.91 Å². The third-order valence-electron chi connectivity index (χ3n) is 4.88. The minimum atomic E-state index is -0.831. The lowest BCUT2D eigenvalue weighted by atomic mass is 10.0. The first-order chi connectivity index (χ1) is 11.1. The molecule has 1 aliphatic carbocycles. The van der Waals surface area contributed by atoms with E-state index in [-0.39, 0.29) is 18.0 Å². The topological polar surface area (TPSA) is 93.5 Å². The van der Waals surface area contributed by atoms with Gasteiger partial charge in [0.1, 0.15) is 0 Å². The molecule has 1 amide bonds. The Hall–Kier alpha value is -1.89. The van der Waals surface area contributed by atoms with Gasteiger partial charge < -0.3 is 15.2 Å². The molecule has 0 spiro atoms. The van der Waals surface area contributed by atoms with E-state index >= 15 is 0 Å². The number of hydrogen-bond acceptors (Lipinski definition) is 4. The van der Waals surface area contributed by atoms with Crippen molar-refractivity contribution in [2.24, 2.45) is 5.92 Å². The Morgan fingerprint density at radius 1 is 1.30 bits per heavy atom. The van der Waals surface area contributed by atoms with E-state index in [0.29, 0.717) is 30.9 Å². The predicted molar refractivity (Wildman–Crippen MR) is 82.3 cm³/mol. The highest BCUT2D eigenvalue weighted by atomic mass is 16.5. The van der Waals surface area contributed by atoms with Crippen LogP contribution in [0, 0.1) is 12.8 Å². The van der Waals surface area contributed by atoms with Crippen molar-refractivity contribution < 1.29 is 19.4 Å². The van der Waals surface area contributed by atoms with Crippen LogP contribution in [-0.4, -0.2) is 46.0 Å². The molecule has 7 heteroatoms. The van der Waals surface area contributed by atoms with Crippen molar-refractivity contribution in [1.82, 2.24) is 15.1 Å². The first-order valence-corrected chi connectivity index (χ1v) is 8.23. The lowest BCUT2D eigenvalue weighted by molar-refractivity contribution is -0.142. The number of nitrogens with zero attached hydrogens (tertiary/aromatic N) is 2. The van der Waals surface area contributed by atoms with Gasteiger partial charge in [0.2, 0.25) is 0 Å². The molecule has 7 nitrogen and oxygen atoms in total. The van der Waals surface area contributed by atoms with Crippen molar-refractivity contribution in [3.8, 4) is 0 Å². The van der Waals surface area contributed by atoms with Gasteiger partial charge in [0, 0.05) is 25.5 Å². The van der Waals surface area contributed by atoms with Gasteiger partial charge in [0.15, 0.2) is 0 Å². The summed E-state index contributed by atoms with van der Waals surface area (Å²) >= 11 is 0. The van der Waals surface area contributed by atoms with Crippen LogP contribution in [-0.2, 0) is 9.53 Å². The van der Waals surface area contributed by atoms with Gasteiger partial charge in [-0.05, 0) is 32.6 Å². The standard InChI is InChI=1S/C16H23N3O4/c1-10-13(9-19(18-10)11-5-7-23-8-6-11)15(20)17-14-4-2-3-12(14)16(21)22/h9,11-12,14H,2-8H2,1H3,(H,17,20)(H,21,22)/t12-,14+/m0/s1. The molecule has 0 aromatic carbocycles. The van der Waals surface area contributed by atoms with E-state index in [4.69, 9.17) is 4.74 Å². The summed E-state index contributed by atoms with van der Waals surface area (Å²) in [5, 5.41) is 16.6. The quantitative estimate of drug-likeness (QED) is 0.877. The first-order valence-electron chi connectivity index (χ1n) is 8.23. The Bertz CT molecular complexity index is 592. The zero-order valence-electron chi connectivity index (χ0n) is 13.3. The Morgan fingerprint density at radius 3 is 2.74 bits per heavy atom. The van der Waals surface area contributed by atoms with E-state index in [1.165, 1.54) is 0 Å². The smallest absolute Gasteiger partial charge is 0.308 e. The molecule has 2 aliphatic rings. The molecule has 0 unspecified atom stereocenters. The highest BCUT2D eigenvalue weighted by Crippen LogP contribution is 2.27. The SMILES string of the molecule is Cc1nn(C2CCOCC2)cc1C(=O)N[C@@H]1CCC[C@@H]1C(=O)O. The minimum Gasteiger partial charge on any atom is -0.481 e. The summed E-state index contributed by atoms with van der Waals surface area (Å²) in [4.78, 5) is 23.7. The number of aryl methyl sites for hydroxylation is 1. The number of ether oxygens (including phenoxy) is 1. The summed E-state index contributed by atoms with van der Waals surface area (Å²) in [6, 6.07) is -0.0203. The Kier molecular flexibility index (Phi) is 4.66. The van der Waals surface area contributed by atoms with Crippen LogP contribution in [0.25, 0.3) is 0 Å². The average molecular weight is 321 g/mol. The van der Waals surface area contributed by atoms with Crippen LogP contribution < -0.4 is 5.32 Å². The molecule has 3 rings (SSSR count). The first kappa shape index (κ1) is 16.0. The van der Waals surface area contributed by atoms with Gasteiger partial charge in [-0.1, -0.05) is 6.42 Å². The van der Waals surface area contributed by atoms with E-state index in [2.05, 4.69) is 10.4 Å². The molecule has 2 heterocycles. The van der Waals surface area contributed by atoms with E-state index in [0.717, 1.165) is 25.7 Å². The Balaban J connectivity index is 1.69. The number of nitrogens with one attached hydrogen (secondary N) is 1. The summed E-state index contributed by atoms with van der Waals surface area (Å²) in [6.45, 7) is 3.25. The number of aliphatic carboxylic acids is 1. The highest BCUT2D eigenvalue weighted by Gasteiger charge is 2.34. The van der Waals surface area contributed by atoms with Gasteiger partial charge in [-0.25, -0.2) is 0 Å². The zero-order chi connectivity index (χ0) is 16.4. The Labute approximate surface area is 135 Å². The van der Waals surface area contributed by atoms with E-state index < -0.39 is 11.9 Å². The molecule has 1 aliphatic heterocycles. The highest BCUT2D eigenvalue weighted by molar-refractivity contribution is 5.95. The van der Waals surface area contributed by atoms with Gasteiger partial charge in [-0.15, -0.1) is 0 Å². The van der Waals surface area contributed by atoms with Gasteiger partial charge in [0.05, 0.1) is 23.2 Å². The average Bonchev–Trinajstić information content (AvgIpc) is 3.14. The van der Waals surface area contributed by atoms with Gasteiger partial charge in [-0.3, -0.25) is 14.3 Å². The van der Waals surface area contributed by atoms with Crippen molar-refractivity contribution in [3.05, 3.63) is 17.5 Å². The maximum atomic E-state index is 12.5. The van der Waals surface area contributed by atoms with Crippen LogP contribution in [0.2, 0.25) is 0 Å². The fraction of sp³-hybridized carbons (Fsp3) is 0.688. The second-order valence-electron chi connectivity index (χ2n) is 6.41. The van der Waals surface area contributed by atoms with Crippen LogP contribution in [0.15, 0.2) is 6.20 Å². The van der Waals surface area contributed by atoms with E-state index in [1.807, 2.05) is 11.6 Å². The molecular formula is C16H23N3O4. The molecular weight excluding hydrogens is 298 g/mol. The number of amides is 1. The lowest BCUT2D eigenvalue weighted by Crippen LogP contribution is -2.40. The number of carbonyl (C=O) groups excluding carboxylic acids is 1. The molecule has 1 saturated carbocycles. The van der Waals surface area contributed by atoms with Crippen LogP contribution in [0.3, 0.4) is 0 Å². The number of carboxylic acids is 1. The predicted octanol–water partition coefficient (Wildman–Crippen LogP) is 1.53. The van der Waals surface area contributed by atoms with E-state index in [9.17, 15) is 14.7 Å². The largest absolute Gasteiger partial charge is 0.481 e. The number of carboxylic acid groups (broad SMARTS) is 1. The monoisotopic (exact) mass is 321 g/mol. The summed E-state index contributed by atoms with van der Waals surface area (Å²) in [6.07, 6.45) is 5.75. The summed E-state index contributed by atoms with van der Waals surface area (Å²) in [7, 11) is 0. The van der Waals surface area contributed by atoms with E-state index in [1.54, 1.807) is 6.20 Å². The zero-order valence-corrected chi connectivity index (χ0v) is 13.3. The minimum absolute atomic E-state index is 0.223. The molecule has 126 valence electrons. The lowest BCUT2D eigenvalue weighted by Gasteiger charge is -2.22. The van der Waals surface area contributed by atoms with Crippen molar-refractivity contribution in [1.29, 1.82) is 0 Å². The number of hydrogen-bond donors (Lipinski definition) is 2. The maximum Gasteiger partial charge on any atom is 0.308 e. The molecule has 1 aromatic rings. The van der Waals surface area contributed by atoms with Crippen molar-refractivity contribution in [2.75, 3.05) is 13.2 Å². The third kappa shape index (κ3) is 3.39. The molecule has 2 atom stereocenters. The third-order valence-corrected chi connectivity index (χ3v) is 4.88. The fourth-order valence-electron chi connectivity index (χ4n) is 3.52. The summed E-state index contributed by atoms with van der Waals surface area (Å²) in [5.41, 5.74) is 1.21. The maximum absolute atomic E-state index is 12.5. The number of carbonyl (C=O) groups is 2. The van der Waals surface area contributed by atoms with Crippen LogP contribution in [0.4, 0.5) is 0 Å². The molecule has 2 N–H and O–H groups in total. The number of rotatable bonds is 4. The number of aromatic nitrogens is 2. The van der Waals surface area contributed by atoms with Crippen LogP contribution in [0.5, 0.6) is 0 Å². The van der Waals surface area contributed by atoms with Gasteiger partial charge in [-0.2, -0.15) is 5.10 Å². The normalized spacial score (nSPS) is 25.4. The fourth-order valence-corrected chi connectivity index (χ4v) is 3.52. The van der Waals surface area contributed by atoms with Crippen molar-refractivity contribution in [2.45, 2.75) is 51.1 Å². The van der Waals surface area contributed by atoms with Crippen LogP contribution in [0.1, 0.15) is 54.2 Å². The van der Waals surface area contributed by atoms with Gasteiger partial charge >= 0.3 is 5.97 Å². The molecule has 0 bridgehead atoms. The van der Waals surface area contributed by atoms with Crippen molar-refractivity contribution in [3.63, 3.8) is 0 Å². The summed E-state index contributed by atoms with van der Waals surface area (Å²) in [5.74, 6) is -1.54. The second-order valence-corrected chi connectivity index (χ2v) is 6.41. The molecule has 1 aromatic heterocycles. The molecule has 0 radical (unpaired) electrons.